The van der Waals surface area contributed by atoms with Gasteiger partial charge in [-0.1, -0.05) is 23.2 Å². The smallest absolute Gasteiger partial charge is 0.332 e. The number of carbonyl (C=O) groups excluding carboxylic acids is 2. The number of anilines is 1. The number of non-ortho nitro benzene ring substituents is 1. The fourth-order valence-electron chi connectivity index (χ4n) is 2.30. The molecule has 12 heteroatoms. The van der Waals surface area contributed by atoms with Crippen LogP contribution in [0.4, 0.5) is 24.5 Å². The molecule has 0 spiro atoms. The average Bonchev–Trinajstić information content (AvgIpc) is 2.61. The number of nitrogens with one attached hydrogen (secondary N) is 1. The lowest BCUT2D eigenvalue weighted by Gasteiger charge is -2.18. The van der Waals surface area contributed by atoms with Crippen LogP contribution in [-0.2, 0) is 11.0 Å². The number of likely N-dealkylation sites (N-methyl/N-ethyl adjacent to an activating group) is 1. The summed E-state index contributed by atoms with van der Waals surface area (Å²) in [4.78, 5) is 35.6. The topological polar surface area (TPSA) is 92.6 Å². The van der Waals surface area contributed by atoms with Crippen LogP contribution in [0.2, 0.25) is 10.0 Å². The first-order valence-electron chi connectivity index (χ1n) is 7.76. The van der Waals surface area contributed by atoms with Crippen molar-refractivity contribution in [3.63, 3.8) is 0 Å². The largest absolute Gasteiger partial charge is 0.417 e. The summed E-state index contributed by atoms with van der Waals surface area (Å²) in [6.07, 6.45) is -4.71. The van der Waals surface area contributed by atoms with E-state index in [2.05, 4.69) is 5.32 Å². The second-order valence-corrected chi connectivity index (χ2v) is 6.64. The molecular weight excluding hydrogens is 438 g/mol. The second-order valence-electron chi connectivity index (χ2n) is 5.82. The minimum absolute atomic E-state index is 0.0552. The van der Waals surface area contributed by atoms with Gasteiger partial charge in [0.1, 0.15) is 0 Å². The number of amides is 2. The zero-order valence-electron chi connectivity index (χ0n) is 14.6. The highest BCUT2D eigenvalue weighted by Crippen LogP contribution is 2.36. The van der Waals surface area contributed by atoms with Crippen molar-refractivity contribution in [1.82, 2.24) is 4.90 Å². The highest BCUT2D eigenvalue weighted by molar-refractivity contribution is 6.34. The molecular formula is C17H12Cl2F3N3O4. The van der Waals surface area contributed by atoms with E-state index in [1.807, 2.05) is 0 Å². The predicted molar refractivity (Wildman–Crippen MR) is 100 cm³/mol. The first kappa shape index (κ1) is 22.4. The van der Waals surface area contributed by atoms with E-state index in [1.165, 1.54) is 19.2 Å². The molecule has 29 heavy (non-hydrogen) atoms. The van der Waals surface area contributed by atoms with Crippen LogP contribution in [0.15, 0.2) is 36.4 Å². The van der Waals surface area contributed by atoms with Gasteiger partial charge in [-0.15, -0.1) is 0 Å². The normalized spacial score (nSPS) is 11.1. The van der Waals surface area contributed by atoms with E-state index >= 15 is 0 Å². The Balaban J connectivity index is 2.13. The van der Waals surface area contributed by atoms with Crippen molar-refractivity contribution in [3.05, 3.63) is 67.7 Å². The molecule has 0 aliphatic carbocycles. The molecule has 0 aromatic heterocycles. The van der Waals surface area contributed by atoms with Crippen molar-refractivity contribution < 1.29 is 27.7 Å². The molecule has 0 heterocycles. The van der Waals surface area contributed by atoms with Gasteiger partial charge in [0.25, 0.3) is 11.6 Å². The first-order valence-corrected chi connectivity index (χ1v) is 8.51. The number of hydrogen-bond acceptors (Lipinski definition) is 4. The maximum Gasteiger partial charge on any atom is 0.417 e. The number of alkyl halides is 3. The molecule has 1 N–H and O–H groups in total. The summed E-state index contributed by atoms with van der Waals surface area (Å²) in [6, 6.07) is 6.08. The second kappa shape index (κ2) is 8.66. The Bertz CT molecular complexity index is 983. The Morgan fingerprint density at radius 1 is 1.14 bits per heavy atom. The Hall–Kier alpha value is -2.85. The third-order valence-corrected chi connectivity index (χ3v) is 4.33. The van der Waals surface area contributed by atoms with Crippen LogP contribution < -0.4 is 5.32 Å². The van der Waals surface area contributed by atoms with E-state index in [0.717, 1.165) is 23.1 Å². The highest BCUT2D eigenvalue weighted by atomic mass is 35.5. The quantitative estimate of drug-likeness (QED) is 0.531. The molecule has 2 amide bonds. The Morgan fingerprint density at radius 3 is 2.34 bits per heavy atom. The summed E-state index contributed by atoms with van der Waals surface area (Å²) in [5, 5.41) is 12.5. The van der Waals surface area contributed by atoms with Crippen LogP contribution in [0.3, 0.4) is 0 Å². The van der Waals surface area contributed by atoms with Gasteiger partial charge in [0.15, 0.2) is 0 Å². The molecule has 154 valence electrons. The van der Waals surface area contributed by atoms with E-state index in [-0.39, 0.29) is 22.0 Å². The van der Waals surface area contributed by atoms with Crippen LogP contribution in [0.1, 0.15) is 15.9 Å². The van der Waals surface area contributed by atoms with E-state index in [4.69, 9.17) is 23.2 Å². The fraction of sp³-hybridized carbons (Fsp3) is 0.176. The van der Waals surface area contributed by atoms with Gasteiger partial charge < -0.3 is 10.2 Å². The summed E-state index contributed by atoms with van der Waals surface area (Å²) >= 11 is 11.4. The molecule has 0 radical (unpaired) electrons. The van der Waals surface area contributed by atoms with Gasteiger partial charge in [0, 0.05) is 24.9 Å². The van der Waals surface area contributed by atoms with Crippen molar-refractivity contribution in [3.8, 4) is 0 Å². The predicted octanol–water partition coefficient (Wildman–Crippen LogP) is 4.63. The number of nitro benzene ring substituents is 1. The monoisotopic (exact) mass is 449 g/mol. The molecule has 0 atom stereocenters. The maximum atomic E-state index is 12.9. The molecule has 2 aromatic carbocycles. The Morgan fingerprint density at radius 2 is 1.76 bits per heavy atom. The molecule has 7 nitrogen and oxygen atoms in total. The van der Waals surface area contributed by atoms with Crippen molar-refractivity contribution in [2.24, 2.45) is 0 Å². The van der Waals surface area contributed by atoms with Crippen LogP contribution >= 0.6 is 23.2 Å². The molecule has 0 aliphatic heterocycles. The molecule has 2 aromatic rings. The molecule has 0 unspecified atom stereocenters. The van der Waals surface area contributed by atoms with Gasteiger partial charge in [0.05, 0.1) is 32.6 Å². The molecule has 0 saturated carbocycles. The van der Waals surface area contributed by atoms with Crippen molar-refractivity contribution >= 4 is 46.4 Å². The summed E-state index contributed by atoms with van der Waals surface area (Å²) in [5.74, 6) is -1.57. The lowest BCUT2D eigenvalue weighted by molar-refractivity contribution is -0.384. The summed E-state index contributed by atoms with van der Waals surface area (Å²) in [5.41, 5.74) is -1.84. The van der Waals surface area contributed by atoms with Gasteiger partial charge in [-0.3, -0.25) is 19.7 Å². The minimum atomic E-state index is -4.71. The van der Waals surface area contributed by atoms with Gasteiger partial charge in [-0.25, -0.2) is 0 Å². The molecule has 0 saturated heterocycles. The average molecular weight is 450 g/mol. The number of carbonyl (C=O) groups is 2. The molecule has 2 rings (SSSR count). The van der Waals surface area contributed by atoms with Gasteiger partial charge >= 0.3 is 6.18 Å². The zero-order valence-corrected chi connectivity index (χ0v) is 16.1. The van der Waals surface area contributed by atoms with E-state index in [0.29, 0.717) is 6.07 Å². The molecule has 0 aliphatic rings. The number of nitro groups is 1. The number of nitrogens with zero attached hydrogens (tertiary/aromatic N) is 2. The zero-order chi connectivity index (χ0) is 21.9. The third-order valence-electron chi connectivity index (χ3n) is 3.67. The number of benzene rings is 2. The van der Waals surface area contributed by atoms with E-state index in [9.17, 15) is 32.9 Å². The number of rotatable bonds is 5. The summed E-state index contributed by atoms with van der Waals surface area (Å²) in [6.45, 7) is -0.540. The van der Waals surface area contributed by atoms with Crippen molar-refractivity contribution in [2.45, 2.75) is 6.18 Å². The third kappa shape index (κ3) is 5.58. The van der Waals surface area contributed by atoms with Crippen LogP contribution in [0.25, 0.3) is 0 Å². The fourth-order valence-corrected chi connectivity index (χ4v) is 2.73. The van der Waals surface area contributed by atoms with Crippen molar-refractivity contribution in [2.75, 3.05) is 18.9 Å². The van der Waals surface area contributed by atoms with Gasteiger partial charge in [-0.2, -0.15) is 13.2 Å². The van der Waals surface area contributed by atoms with Gasteiger partial charge in [-0.05, 0) is 24.3 Å². The maximum absolute atomic E-state index is 12.9. The van der Waals surface area contributed by atoms with E-state index in [1.54, 1.807) is 0 Å². The van der Waals surface area contributed by atoms with Crippen molar-refractivity contribution in [1.29, 1.82) is 0 Å². The Labute approximate surface area is 172 Å². The molecule has 0 fully saturated rings. The highest BCUT2D eigenvalue weighted by Gasteiger charge is 2.33. The molecule has 0 bridgehead atoms. The van der Waals surface area contributed by atoms with Crippen LogP contribution in [0.5, 0.6) is 0 Å². The first-order chi connectivity index (χ1) is 13.4. The van der Waals surface area contributed by atoms with Gasteiger partial charge in [0.2, 0.25) is 5.91 Å². The number of hydrogen-bond donors (Lipinski definition) is 1. The number of halogens is 5. The lowest BCUT2D eigenvalue weighted by Crippen LogP contribution is -2.35. The lowest BCUT2D eigenvalue weighted by atomic mass is 10.1. The van der Waals surface area contributed by atoms with Crippen LogP contribution in [-0.4, -0.2) is 35.2 Å². The summed E-state index contributed by atoms with van der Waals surface area (Å²) in [7, 11) is 1.24. The summed E-state index contributed by atoms with van der Waals surface area (Å²) < 4.78 is 38.7. The minimum Gasteiger partial charge on any atom is -0.332 e. The van der Waals surface area contributed by atoms with Crippen LogP contribution in [0, 0.1) is 10.1 Å². The van der Waals surface area contributed by atoms with E-state index < -0.39 is 40.0 Å². The standard InChI is InChI=1S/C17H12Cl2F3N3O4/c1-24(16(27)11-7-10(25(28)29)3-5-13(11)18)8-15(26)23-9-2-4-14(19)12(6-9)17(20,21)22/h2-7H,8H2,1H3,(H,23,26). The Kier molecular flexibility index (Phi) is 6.70. The SMILES string of the molecule is CN(CC(=O)Nc1ccc(Cl)c(C(F)(F)F)c1)C(=O)c1cc([N+](=O)[O-])ccc1Cl.